The molecule has 1 aromatic heterocycles. The highest BCUT2D eigenvalue weighted by Crippen LogP contribution is 2.17. The summed E-state index contributed by atoms with van der Waals surface area (Å²) in [5, 5.41) is 0. The highest BCUT2D eigenvalue weighted by Gasteiger charge is 2.04. The van der Waals surface area contributed by atoms with Gasteiger partial charge in [-0.05, 0) is 29.8 Å². The van der Waals surface area contributed by atoms with Gasteiger partial charge in [-0.25, -0.2) is 4.98 Å². The Kier molecular flexibility index (Phi) is 2.92. The predicted molar refractivity (Wildman–Crippen MR) is 76.2 cm³/mol. The van der Waals surface area contributed by atoms with Crippen molar-refractivity contribution in [1.29, 1.82) is 0 Å². The third-order valence-electron chi connectivity index (χ3n) is 3.10. The van der Waals surface area contributed by atoms with Gasteiger partial charge in [0.2, 0.25) is 0 Å². The second kappa shape index (κ2) is 4.73. The number of imidazole rings is 1. The first-order chi connectivity index (χ1) is 9.28. The molecule has 4 heteroatoms. The van der Waals surface area contributed by atoms with Crippen molar-refractivity contribution >= 4 is 30.6 Å². The molecule has 0 aliphatic heterocycles. The van der Waals surface area contributed by atoms with E-state index in [0.29, 0.717) is 11.9 Å². The summed E-state index contributed by atoms with van der Waals surface area (Å²) in [4.78, 5) is 14.8. The standard InChI is InChI=1S/C15H11BN2O/c16-12-3-6-15-14(9-12)17-10-18(15)13-4-1-11(2-5-13)7-8-19/h1-6,8-10H,7H2. The zero-order valence-corrected chi connectivity index (χ0v) is 10.3. The quantitative estimate of drug-likeness (QED) is 0.519. The van der Waals surface area contributed by atoms with Gasteiger partial charge in [-0.1, -0.05) is 23.7 Å². The average Bonchev–Trinajstić information content (AvgIpc) is 2.83. The number of carbonyl (C=O) groups is 1. The maximum absolute atomic E-state index is 10.5. The molecule has 2 radical (unpaired) electrons. The second-order valence-electron chi connectivity index (χ2n) is 4.40. The molecule has 90 valence electrons. The highest BCUT2D eigenvalue weighted by molar-refractivity contribution is 6.33. The lowest BCUT2D eigenvalue weighted by molar-refractivity contribution is -0.107. The molecular weight excluding hydrogens is 235 g/mol. The monoisotopic (exact) mass is 246 g/mol. The predicted octanol–water partition coefficient (Wildman–Crippen LogP) is 1.56. The van der Waals surface area contributed by atoms with E-state index in [2.05, 4.69) is 4.98 Å². The van der Waals surface area contributed by atoms with E-state index in [1.807, 2.05) is 47.0 Å². The van der Waals surface area contributed by atoms with Crippen LogP contribution in [0, 0.1) is 0 Å². The Hall–Kier alpha value is -2.36. The molecule has 0 bridgehead atoms. The molecular formula is C15H11BN2O. The second-order valence-corrected chi connectivity index (χ2v) is 4.40. The van der Waals surface area contributed by atoms with Crippen LogP contribution in [0.2, 0.25) is 0 Å². The summed E-state index contributed by atoms with van der Waals surface area (Å²) in [6.07, 6.45) is 3.13. The number of aromatic nitrogens is 2. The molecule has 2 aromatic carbocycles. The van der Waals surface area contributed by atoms with Crippen molar-refractivity contribution in [2.45, 2.75) is 6.42 Å². The van der Waals surface area contributed by atoms with E-state index in [9.17, 15) is 4.79 Å². The number of rotatable bonds is 3. The molecule has 3 nitrogen and oxygen atoms in total. The summed E-state index contributed by atoms with van der Waals surface area (Å²) in [7, 11) is 5.74. The zero-order chi connectivity index (χ0) is 13.2. The summed E-state index contributed by atoms with van der Waals surface area (Å²) < 4.78 is 2.00. The Morgan fingerprint density at radius 3 is 2.68 bits per heavy atom. The molecule has 0 fully saturated rings. The van der Waals surface area contributed by atoms with Crippen molar-refractivity contribution in [3.8, 4) is 5.69 Å². The average molecular weight is 246 g/mol. The topological polar surface area (TPSA) is 34.9 Å². The SMILES string of the molecule is [B]c1ccc2c(c1)ncn2-c1ccc(CC=O)cc1. The van der Waals surface area contributed by atoms with Crippen LogP contribution < -0.4 is 5.46 Å². The molecule has 0 N–H and O–H groups in total. The third kappa shape index (κ3) is 2.17. The van der Waals surface area contributed by atoms with E-state index >= 15 is 0 Å². The largest absolute Gasteiger partial charge is 0.303 e. The van der Waals surface area contributed by atoms with Crippen molar-refractivity contribution in [3.05, 3.63) is 54.4 Å². The van der Waals surface area contributed by atoms with Crippen LogP contribution in [0.4, 0.5) is 0 Å². The van der Waals surface area contributed by atoms with Gasteiger partial charge < -0.3 is 4.79 Å². The Labute approximate surface area is 112 Å². The van der Waals surface area contributed by atoms with E-state index in [1.54, 1.807) is 6.33 Å². The molecule has 3 aromatic rings. The van der Waals surface area contributed by atoms with Crippen molar-refractivity contribution in [3.63, 3.8) is 0 Å². The molecule has 0 unspecified atom stereocenters. The van der Waals surface area contributed by atoms with Gasteiger partial charge in [-0.2, -0.15) is 0 Å². The molecule has 0 aliphatic rings. The number of fused-ring (bicyclic) bond motifs is 1. The minimum atomic E-state index is 0.446. The van der Waals surface area contributed by atoms with E-state index in [-0.39, 0.29) is 0 Å². The van der Waals surface area contributed by atoms with Gasteiger partial charge in [0.1, 0.15) is 20.5 Å². The van der Waals surface area contributed by atoms with Gasteiger partial charge in [0.05, 0.1) is 11.0 Å². The maximum Gasteiger partial charge on any atom is 0.124 e. The van der Waals surface area contributed by atoms with Gasteiger partial charge in [0.15, 0.2) is 0 Å². The van der Waals surface area contributed by atoms with Crippen molar-refractivity contribution < 1.29 is 4.79 Å². The lowest BCUT2D eigenvalue weighted by atomic mass is 9.96. The van der Waals surface area contributed by atoms with Gasteiger partial charge in [0, 0.05) is 12.1 Å². The number of carbonyl (C=O) groups excluding carboxylic acids is 1. The molecule has 0 saturated heterocycles. The van der Waals surface area contributed by atoms with Crippen molar-refractivity contribution in [2.24, 2.45) is 0 Å². The number of aldehydes is 1. The molecule has 0 aliphatic carbocycles. The summed E-state index contributed by atoms with van der Waals surface area (Å²) in [5.74, 6) is 0. The van der Waals surface area contributed by atoms with Crippen LogP contribution in [0.25, 0.3) is 16.7 Å². The van der Waals surface area contributed by atoms with Crippen LogP contribution in [0.3, 0.4) is 0 Å². The van der Waals surface area contributed by atoms with Crippen LogP contribution >= 0.6 is 0 Å². The van der Waals surface area contributed by atoms with Gasteiger partial charge >= 0.3 is 0 Å². The first kappa shape index (κ1) is 11.7. The fraction of sp³-hybridized carbons (Fsp3) is 0.0667. The lowest BCUT2D eigenvalue weighted by Gasteiger charge is -2.05. The van der Waals surface area contributed by atoms with Crippen LogP contribution in [0.5, 0.6) is 0 Å². The number of nitrogens with zero attached hydrogens (tertiary/aromatic N) is 2. The summed E-state index contributed by atoms with van der Waals surface area (Å²) in [6.45, 7) is 0. The maximum atomic E-state index is 10.5. The summed E-state index contributed by atoms with van der Waals surface area (Å²) in [6, 6.07) is 13.5. The Morgan fingerprint density at radius 2 is 1.95 bits per heavy atom. The molecule has 0 saturated carbocycles. The lowest BCUT2D eigenvalue weighted by Crippen LogP contribution is -2.00. The van der Waals surface area contributed by atoms with Crippen LogP contribution in [-0.2, 0) is 11.2 Å². The van der Waals surface area contributed by atoms with Gasteiger partial charge in [-0.3, -0.25) is 4.57 Å². The third-order valence-corrected chi connectivity index (χ3v) is 3.10. The number of hydrogen-bond acceptors (Lipinski definition) is 2. The Balaban J connectivity index is 2.06. The minimum Gasteiger partial charge on any atom is -0.303 e. The smallest absolute Gasteiger partial charge is 0.124 e. The van der Waals surface area contributed by atoms with Crippen molar-refractivity contribution in [1.82, 2.24) is 9.55 Å². The number of benzene rings is 2. The fourth-order valence-electron chi connectivity index (χ4n) is 2.12. The van der Waals surface area contributed by atoms with E-state index in [1.165, 1.54) is 0 Å². The van der Waals surface area contributed by atoms with Gasteiger partial charge in [0.25, 0.3) is 0 Å². The summed E-state index contributed by atoms with van der Waals surface area (Å²) in [5.41, 5.74) is 4.61. The molecule has 1 heterocycles. The zero-order valence-electron chi connectivity index (χ0n) is 10.3. The van der Waals surface area contributed by atoms with Gasteiger partial charge in [-0.15, -0.1) is 0 Å². The Morgan fingerprint density at radius 1 is 1.16 bits per heavy atom. The molecule has 0 spiro atoms. The molecule has 0 amide bonds. The normalized spacial score (nSPS) is 10.7. The van der Waals surface area contributed by atoms with E-state index in [4.69, 9.17) is 7.85 Å². The summed E-state index contributed by atoms with van der Waals surface area (Å²) >= 11 is 0. The first-order valence-corrected chi connectivity index (χ1v) is 6.03. The number of hydrogen-bond donors (Lipinski definition) is 0. The van der Waals surface area contributed by atoms with Crippen LogP contribution in [0.1, 0.15) is 5.56 Å². The van der Waals surface area contributed by atoms with E-state index in [0.717, 1.165) is 28.6 Å². The first-order valence-electron chi connectivity index (χ1n) is 6.03. The molecule has 19 heavy (non-hydrogen) atoms. The van der Waals surface area contributed by atoms with Crippen LogP contribution in [0.15, 0.2) is 48.8 Å². The minimum absolute atomic E-state index is 0.446. The fourth-order valence-corrected chi connectivity index (χ4v) is 2.12. The van der Waals surface area contributed by atoms with Crippen LogP contribution in [-0.4, -0.2) is 23.7 Å². The molecule has 0 atom stereocenters. The van der Waals surface area contributed by atoms with Crippen molar-refractivity contribution in [2.75, 3.05) is 0 Å². The molecule has 3 rings (SSSR count). The van der Waals surface area contributed by atoms with E-state index < -0.39 is 0 Å². The highest BCUT2D eigenvalue weighted by atomic mass is 16.1. The Bertz CT molecular complexity index is 731.